The molecule has 1 aromatic carbocycles. The van der Waals surface area contributed by atoms with Gasteiger partial charge in [0.15, 0.2) is 0 Å². The Balaban J connectivity index is 1.06. The van der Waals surface area contributed by atoms with Gasteiger partial charge in [0.2, 0.25) is 22.1 Å². The van der Waals surface area contributed by atoms with Crippen molar-refractivity contribution in [2.75, 3.05) is 73.6 Å². The van der Waals surface area contributed by atoms with Crippen LogP contribution in [-0.4, -0.2) is 85.8 Å². The number of nitrogens with one attached hydrogen (secondary N) is 1. The van der Waals surface area contributed by atoms with Gasteiger partial charge in [-0.3, -0.25) is 19.4 Å². The van der Waals surface area contributed by atoms with Crippen molar-refractivity contribution in [1.29, 1.82) is 0 Å². The molecule has 3 aliphatic heterocycles. The predicted molar refractivity (Wildman–Crippen MR) is 134 cm³/mol. The normalized spacial score (nSPS) is 21.6. The van der Waals surface area contributed by atoms with E-state index in [2.05, 4.69) is 30.2 Å². The van der Waals surface area contributed by atoms with Crippen LogP contribution in [0, 0.1) is 11.7 Å². The van der Waals surface area contributed by atoms with E-state index in [1.54, 1.807) is 11.0 Å². The molecule has 1 N–H and O–H groups in total. The van der Waals surface area contributed by atoms with Crippen LogP contribution in [0.1, 0.15) is 25.7 Å². The minimum absolute atomic E-state index is 0.0811. The zero-order valence-electron chi connectivity index (χ0n) is 19.9. The summed E-state index contributed by atoms with van der Waals surface area (Å²) in [5.41, 5.74) is 0.664. The molecule has 1 atom stereocenters. The number of aromatic nitrogens is 2. The fourth-order valence-corrected chi connectivity index (χ4v) is 5.99. The van der Waals surface area contributed by atoms with Gasteiger partial charge in [0.25, 0.3) is 0 Å². The summed E-state index contributed by atoms with van der Waals surface area (Å²) in [6, 6.07) is 6.91. The minimum atomic E-state index is -0.177. The summed E-state index contributed by atoms with van der Waals surface area (Å²) in [5.74, 6) is -0.0668. The van der Waals surface area contributed by atoms with Crippen LogP contribution in [0.3, 0.4) is 0 Å². The zero-order chi connectivity index (χ0) is 24.2. The van der Waals surface area contributed by atoms with Crippen LogP contribution in [0.5, 0.6) is 0 Å². The zero-order valence-corrected chi connectivity index (χ0v) is 20.7. The van der Waals surface area contributed by atoms with E-state index in [1.807, 2.05) is 12.1 Å². The number of nitrogens with zero attached hydrogens (tertiary/aromatic N) is 6. The highest BCUT2D eigenvalue weighted by molar-refractivity contribution is 7.19. The summed E-state index contributed by atoms with van der Waals surface area (Å²) < 4.78 is 14.0. The summed E-state index contributed by atoms with van der Waals surface area (Å²) in [4.78, 5) is 33.1. The number of halogens is 1. The summed E-state index contributed by atoms with van der Waals surface area (Å²) in [6.07, 6.45) is 3.22. The van der Waals surface area contributed by atoms with Crippen molar-refractivity contribution in [3.05, 3.63) is 30.1 Å². The smallest absolute Gasteiger partial charge is 0.228 e. The lowest BCUT2D eigenvalue weighted by molar-refractivity contribution is -0.125. The van der Waals surface area contributed by atoms with E-state index < -0.39 is 0 Å². The average molecular weight is 502 g/mol. The van der Waals surface area contributed by atoms with Gasteiger partial charge in [-0.15, -0.1) is 10.2 Å². The first kappa shape index (κ1) is 23.9. The second kappa shape index (κ2) is 10.9. The van der Waals surface area contributed by atoms with Crippen molar-refractivity contribution >= 4 is 39.1 Å². The monoisotopic (exact) mass is 501 g/mol. The molecule has 2 amide bonds. The van der Waals surface area contributed by atoms with E-state index in [1.165, 1.54) is 17.4 Å². The first-order valence-electron chi connectivity index (χ1n) is 12.5. The Hall–Kier alpha value is -2.79. The quantitative estimate of drug-likeness (QED) is 0.621. The molecule has 1 aromatic heterocycles. The van der Waals surface area contributed by atoms with E-state index in [0.29, 0.717) is 36.9 Å². The topological polar surface area (TPSA) is 84.9 Å². The van der Waals surface area contributed by atoms with E-state index in [9.17, 15) is 14.0 Å². The van der Waals surface area contributed by atoms with Crippen molar-refractivity contribution in [2.45, 2.75) is 25.7 Å². The molecule has 35 heavy (non-hydrogen) atoms. The second-order valence-corrected chi connectivity index (χ2v) is 10.3. The molecule has 188 valence electrons. The van der Waals surface area contributed by atoms with Crippen LogP contribution in [0.15, 0.2) is 24.3 Å². The number of piperazine rings is 1. The van der Waals surface area contributed by atoms with E-state index >= 15 is 0 Å². The van der Waals surface area contributed by atoms with Crippen LogP contribution in [0.4, 0.5) is 20.3 Å². The Bertz CT molecular complexity index is 1040. The van der Waals surface area contributed by atoms with Crippen LogP contribution in [0.25, 0.3) is 0 Å². The highest BCUT2D eigenvalue weighted by atomic mass is 32.1. The third-order valence-corrected chi connectivity index (χ3v) is 8.07. The first-order chi connectivity index (χ1) is 17.1. The molecule has 4 heterocycles. The van der Waals surface area contributed by atoms with Gasteiger partial charge >= 0.3 is 0 Å². The molecule has 0 unspecified atom stereocenters. The van der Waals surface area contributed by atoms with E-state index in [4.69, 9.17) is 0 Å². The Morgan fingerprint density at radius 3 is 2.60 bits per heavy atom. The fourth-order valence-electron chi connectivity index (χ4n) is 5.06. The van der Waals surface area contributed by atoms with E-state index in [0.717, 1.165) is 63.7 Å². The second-order valence-electron chi connectivity index (χ2n) is 9.37. The van der Waals surface area contributed by atoms with Gasteiger partial charge in [-0.05, 0) is 31.4 Å². The number of hydrogen-bond donors (Lipinski definition) is 1. The third kappa shape index (κ3) is 5.56. The van der Waals surface area contributed by atoms with Gasteiger partial charge < -0.3 is 15.1 Å². The molecule has 11 heteroatoms. The highest BCUT2D eigenvalue weighted by Gasteiger charge is 2.30. The molecular formula is C24H32FN7O2S. The van der Waals surface area contributed by atoms with Gasteiger partial charge in [0, 0.05) is 65.3 Å². The maximum atomic E-state index is 14.0. The maximum absolute atomic E-state index is 14.0. The molecule has 3 fully saturated rings. The van der Waals surface area contributed by atoms with Gasteiger partial charge in [0.05, 0.1) is 11.6 Å². The lowest BCUT2D eigenvalue weighted by Crippen LogP contribution is -2.49. The van der Waals surface area contributed by atoms with Crippen molar-refractivity contribution in [2.24, 2.45) is 5.92 Å². The van der Waals surface area contributed by atoms with Gasteiger partial charge in [-0.2, -0.15) is 0 Å². The highest BCUT2D eigenvalue weighted by Crippen LogP contribution is 2.32. The van der Waals surface area contributed by atoms with Crippen molar-refractivity contribution in [3.8, 4) is 0 Å². The van der Waals surface area contributed by atoms with Gasteiger partial charge in [-0.25, -0.2) is 4.39 Å². The number of anilines is 3. The summed E-state index contributed by atoms with van der Waals surface area (Å²) in [6.45, 7) is 6.82. The molecule has 0 saturated carbocycles. The number of carbonyl (C=O) groups excluding carboxylic acids is 2. The molecule has 3 saturated heterocycles. The summed E-state index contributed by atoms with van der Waals surface area (Å²) in [7, 11) is 0. The van der Waals surface area contributed by atoms with Crippen LogP contribution in [0.2, 0.25) is 0 Å². The number of para-hydroxylation sites is 1. The Labute approximate surface area is 208 Å². The van der Waals surface area contributed by atoms with Crippen molar-refractivity contribution in [3.63, 3.8) is 0 Å². The number of piperidine rings is 1. The molecular weight excluding hydrogens is 469 g/mol. The lowest BCUT2D eigenvalue weighted by Gasteiger charge is -2.36. The number of carbonyl (C=O) groups is 2. The molecule has 9 nitrogen and oxygen atoms in total. The number of rotatable bonds is 7. The van der Waals surface area contributed by atoms with Crippen LogP contribution < -0.4 is 20.0 Å². The minimum Gasteiger partial charge on any atom is -0.367 e. The van der Waals surface area contributed by atoms with Gasteiger partial charge in [0.1, 0.15) is 5.82 Å². The number of benzene rings is 1. The van der Waals surface area contributed by atoms with Gasteiger partial charge in [-0.1, -0.05) is 23.5 Å². The van der Waals surface area contributed by atoms with Crippen LogP contribution >= 0.6 is 11.3 Å². The molecule has 2 aromatic rings. The van der Waals surface area contributed by atoms with Crippen molar-refractivity contribution in [1.82, 2.24) is 20.4 Å². The van der Waals surface area contributed by atoms with E-state index in [-0.39, 0.29) is 23.5 Å². The SMILES string of the molecule is O=C(NCCN1CCN(c2ccccc2F)CC1)[C@H]1CCCN(c2nnc(N3CCCC3=O)s2)C1. The molecule has 0 bridgehead atoms. The maximum Gasteiger partial charge on any atom is 0.228 e. The molecule has 0 spiro atoms. The third-order valence-electron chi connectivity index (χ3n) is 7.06. The summed E-state index contributed by atoms with van der Waals surface area (Å²) in [5, 5.41) is 13.1. The fraction of sp³-hybridized carbons (Fsp3) is 0.583. The first-order valence-corrected chi connectivity index (χ1v) is 13.3. The standard InChI is InChI=1S/C24H32FN7O2S/c25-19-6-1-2-7-20(19)30-15-13-29(14-16-30)12-9-26-22(34)18-5-3-10-31(17-18)23-27-28-24(35-23)32-11-4-8-21(32)33/h1-2,6-7,18H,3-5,8-17H2,(H,26,34)/t18-/m0/s1. The predicted octanol–water partition coefficient (Wildman–Crippen LogP) is 1.96. The molecule has 0 radical (unpaired) electrons. The Morgan fingerprint density at radius 1 is 1.03 bits per heavy atom. The number of hydrogen-bond acceptors (Lipinski definition) is 8. The Kier molecular flexibility index (Phi) is 7.43. The average Bonchev–Trinajstić information content (AvgIpc) is 3.54. The molecule has 0 aliphatic carbocycles. The molecule has 5 rings (SSSR count). The molecule has 3 aliphatic rings. The Morgan fingerprint density at radius 2 is 1.83 bits per heavy atom. The largest absolute Gasteiger partial charge is 0.367 e. The van der Waals surface area contributed by atoms with Crippen LogP contribution in [-0.2, 0) is 9.59 Å². The summed E-state index contributed by atoms with van der Waals surface area (Å²) >= 11 is 1.43. The number of amides is 2. The lowest BCUT2D eigenvalue weighted by atomic mass is 9.97. The van der Waals surface area contributed by atoms with Crippen molar-refractivity contribution < 1.29 is 14.0 Å².